The van der Waals surface area contributed by atoms with Gasteiger partial charge in [0.25, 0.3) is 5.56 Å². The topological polar surface area (TPSA) is 99.5 Å². The van der Waals surface area contributed by atoms with Crippen LogP contribution in [0.2, 0.25) is 0 Å². The zero-order valence-electron chi connectivity index (χ0n) is 15.3. The number of amides is 1. The van der Waals surface area contributed by atoms with E-state index in [0.717, 1.165) is 0 Å². The monoisotopic (exact) mass is 379 g/mol. The van der Waals surface area contributed by atoms with Gasteiger partial charge in [-0.2, -0.15) is 0 Å². The maximum absolute atomic E-state index is 12.7. The van der Waals surface area contributed by atoms with E-state index in [0.29, 0.717) is 39.5 Å². The van der Waals surface area contributed by atoms with Crippen molar-refractivity contribution in [2.45, 2.75) is 20.4 Å². The molecule has 1 aliphatic rings. The van der Waals surface area contributed by atoms with Crippen LogP contribution in [-0.4, -0.2) is 28.0 Å². The zero-order valence-corrected chi connectivity index (χ0v) is 15.3. The number of rotatable bonds is 4. The summed E-state index contributed by atoms with van der Waals surface area (Å²) in [5.74, 6) is 0.643. The van der Waals surface area contributed by atoms with Crippen LogP contribution in [0.5, 0.6) is 11.5 Å². The summed E-state index contributed by atoms with van der Waals surface area (Å²) in [5, 5.41) is 3.13. The summed E-state index contributed by atoms with van der Waals surface area (Å²) in [4.78, 5) is 41.7. The lowest BCUT2D eigenvalue weighted by Gasteiger charge is -2.13. The molecule has 1 aromatic heterocycles. The molecule has 0 atom stereocenters. The Morgan fingerprint density at radius 3 is 2.64 bits per heavy atom. The van der Waals surface area contributed by atoms with E-state index in [4.69, 9.17) is 9.47 Å². The summed E-state index contributed by atoms with van der Waals surface area (Å²) >= 11 is 0. The Bertz CT molecular complexity index is 1180. The first kappa shape index (κ1) is 17.7. The average molecular weight is 379 g/mol. The van der Waals surface area contributed by atoms with E-state index in [1.54, 1.807) is 37.3 Å². The molecule has 1 N–H and O–H groups in total. The van der Waals surface area contributed by atoms with Gasteiger partial charge in [-0.1, -0.05) is 12.1 Å². The lowest BCUT2D eigenvalue weighted by atomic mass is 10.1. The van der Waals surface area contributed by atoms with E-state index >= 15 is 0 Å². The summed E-state index contributed by atoms with van der Waals surface area (Å²) in [7, 11) is 0. The van der Waals surface area contributed by atoms with Gasteiger partial charge in [0.15, 0.2) is 17.3 Å². The second kappa shape index (κ2) is 6.80. The van der Waals surface area contributed by atoms with Gasteiger partial charge in [-0.3, -0.25) is 19.0 Å². The van der Waals surface area contributed by atoms with Crippen LogP contribution in [0.1, 0.15) is 23.1 Å². The van der Waals surface area contributed by atoms with Crippen LogP contribution in [-0.2, 0) is 11.3 Å². The maximum atomic E-state index is 12.7. The summed E-state index contributed by atoms with van der Waals surface area (Å²) in [6, 6.07) is 10.1. The standard InChI is InChI=1S/C20H17N3O5/c1-11(24)14-7-17-18(28-10-27-17)8-16(14)22-19(25)9-23-12(2)21-15-6-4-3-5-13(15)20(23)26/h3-8H,9-10H2,1-2H3,(H,22,25). The molecule has 0 radical (unpaired) electrons. The number of benzene rings is 2. The number of carbonyl (C=O) groups is 2. The molecule has 142 valence electrons. The molecule has 8 heteroatoms. The third kappa shape index (κ3) is 3.09. The number of carbonyl (C=O) groups excluding carboxylic acids is 2. The number of aromatic nitrogens is 2. The Morgan fingerprint density at radius 1 is 1.18 bits per heavy atom. The summed E-state index contributed by atoms with van der Waals surface area (Å²) in [5.41, 5.74) is 0.895. The molecule has 1 amide bonds. The van der Waals surface area contributed by atoms with Crippen molar-refractivity contribution in [1.29, 1.82) is 0 Å². The van der Waals surface area contributed by atoms with Crippen LogP contribution >= 0.6 is 0 Å². The highest BCUT2D eigenvalue weighted by atomic mass is 16.7. The number of anilines is 1. The molecule has 0 unspecified atom stereocenters. The Kier molecular flexibility index (Phi) is 4.31. The largest absolute Gasteiger partial charge is 0.454 e. The van der Waals surface area contributed by atoms with E-state index in [-0.39, 0.29) is 24.7 Å². The van der Waals surface area contributed by atoms with Crippen LogP contribution < -0.4 is 20.3 Å². The van der Waals surface area contributed by atoms with Crippen molar-refractivity contribution in [2.24, 2.45) is 0 Å². The maximum Gasteiger partial charge on any atom is 0.261 e. The number of Topliss-reactive ketones (excluding diaryl/α,β-unsaturated/α-hetero) is 1. The zero-order chi connectivity index (χ0) is 19.8. The Morgan fingerprint density at radius 2 is 1.89 bits per heavy atom. The van der Waals surface area contributed by atoms with Gasteiger partial charge >= 0.3 is 0 Å². The molecule has 28 heavy (non-hydrogen) atoms. The Labute approximate surface area is 159 Å². The van der Waals surface area contributed by atoms with Gasteiger partial charge in [0.2, 0.25) is 12.7 Å². The van der Waals surface area contributed by atoms with Crippen LogP contribution in [0.15, 0.2) is 41.2 Å². The molecule has 1 aliphatic heterocycles. The quantitative estimate of drug-likeness (QED) is 0.698. The smallest absolute Gasteiger partial charge is 0.261 e. The minimum Gasteiger partial charge on any atom is -0.454 e. The molecule has 0 aliphatic carbocycles. The van der Waals surface area contributed by atoms with E-state index in [1.807, 2.05) is 0 Å². The molecule has 0 saturated heterocycles. The minimum atomic E-state index is -0.455. The summed E-state index contributed by atoms with van der Waals surface area (Å²) in [6.45, 7) is 2.90. The highest BCUT2D eigenvalue weighted by Crippen LogP contribution is 2.37. The molecule has 3 aromatic rings. The van der Waals surface area contributed by atoms with Gasteiger partial charge in [-0.15, -0.1) is 0 Å². The van der Waals surface area contributed by atoms with Crippen molar-refractivity contribution in [3.8, 4) is 11.5 Å². The number of para-hydroxylation sites is 1. The SMILES string of the molecule is CC(=O)c1cc2c(cc1NC(=O)Cn1c(C)nc3ccccc3c1=O)OCO2. The van der Waals surface area contributed by atoms with Crippen molar-refractivity contribution in [1.82, 2.24) is 9.55 Å². The third-order valence-electron chi connectivity index (χ3n) is 4.52. The first-order valence-corrected chi connectivity index (χ1v) is 8.64. The fourth-order valence-electron chi connectivity index (χ4n) is 3.14. The van der Waals surface area contributed by atoms with Crippen molar-refractivity contribution in [2.75, 3.05) is 12.1 Å². The van der Waals surface area contributed by atoms with Gasteiger partial charge in [0, 0.05) is 11.6 Å². The highest BCUT2D eigenvalue weighted by molar-refractivity contribution is 6.04. The van der Waals surface area contributed by atoms with Gasteiger partial charge in [0.1, 0.15) is 12.4 Å². The first-order chi connectivity index (χ1) is 13.4. The van der Waals surface area contributed by atoms with Crippen molar-refractivity contribution < 1.29 is 19.1 Å². The molecule has 8 nitrogen and oxygen atoms in total. The normalized spacial score (nSPS) is 12.2. The van der Waals surface area contributed by atoms with Gasteiger partial charge in [-0.25, -0.2) is 4.98 Å². The van der Waals surface area contributed by atoms with Gasteiger partial charge in [0.05, 0.1) is 16.6 Å². The fraction of sp³-hybridized carbons (Fsp3) is 0.200. The van der Waals surface area contributed by atoms with Crippen LogP contribution in [0.4, 0.5) is 5.69 Å². The molecule has 0 spiro atoms. The number of ketones is 1. The van der Waals surface area contributed by atoms with E-state index in [1.165, 1.54) is 17.6 Å². The Balaban J connectivity index is 1.65. The molecule has 0 bridgehead atoms. The lowest BCUT2D eigenvalue weighted by molar-refractivity contribution is -0.116. The van der Waals surface area contributed by atoms with Crippen molar-refractivity contribution in [3.63, 3.8) is 0 Å². The average Bonchev–Trinajstić information content (AvgIpc) is 3.11. The summed E-state index contributed by atoms with van der Waals surface area (Å²) in [6.07, 6.45) is 0. The molecule has 0 saturated carbocycles. The molecular formula is C20H17N3O5. The molecule has 4 rings (SSSR count). The van der Waals surface area contributed by atoms with Crippen molar-refractivity contribution >= 4 is 28.3 Å². The minimum absolute atomic E-state index is 0.0570. The number of fused-ring (bicyclic) bond motifs is 2. The number of hydrogen-bond acceptors (Lipinski definition) is 6. The second-order valence-corrected chi connectivity index (χ2v) is 6.42. The predicted molar refractivity (Wildman–Crippen MR) is 102 cm³/mol. The number of hydrogen-bond donors (Lipinski definition) is 1. The van der Waals surface area contributed by atoms with Gasteiger partial charge < -0.3 is 14.8 Å². The first-order valence-electron chi connectivity index (χ1n) is 8.64. The van der Waals surface area contributed by atoms with Crippen molar-refractivity contribution in [3.05, 3.63) is 58.1 Å². The fourth-order valence-corrected chi connectivity index (χ4v) is 3.14. The number of ether oxygens (including phenoxy) is 2. The third-order valence-corrected chi connectivity index (χ3v) is 4.52. The van der Waals surface area contributed by atoms with E-state index < -0.39 is 5.91 Å². The molecule has 0 fully saturated rings. The lowest BCUT2D eigenvalue weighted by Crippen LogP contribution is -2.30. The van der Waals surface area contributed by atoms with Crippen LogP contribution in [0.25, 0.3) is 10.9 Å². The predicted octanol–water partition coefficient (Wildman–Crippen LogP) is 2.27. The number of aryl methyl sites for hydroxylation is 1. The second-order valence-electron chi connectivity index (χ2n) is 6.42. The molecular weight excluding hydrogens is 362 g/mol. The van der Waals surface area contributed by atoms with Gasteiger partial charge in [-0.05, 0) is 32.0 Å². The number of nitrogens with one attached hydrogen (secondary N) is 1. The Hall–Kier alpha value is -3.68. The number of nitrogens with zero attached hydrogens (tertiary/aromatic N) is 2. The van der Waals surface area contributed by atoms with Crippen LogP contribution in [0.3, 0.4) is 0 Å². The van der Waals surface area contributed by atoms with E-state index in [2.05, 4.69) is 10.3 Å². The molecule has 2 aromatic carbocycles. The molecule has 2 heterocycles. The van der Waals surface area contributed by atoms with Crippen LogP contribution in [0, 0.1) is 6.92 Å². The summed E-state index contributed by atoms with van der Waals surface area (Å²) < 4.78 is 11.9. The van der Waals surface area contributed by atoms with E-state index in [9.17, 15) is 14.4 Å². The highest BCUT2D eigenvalue weighted by Gasteiger charge is 2.21.